The van der Waals surface area contributed by atoms with Crippen LogP contribution in [0, 0.1) is 0 Å². The van der Waals surface area contributed by atoms with Crippen molar-refractivity contribution >= 4 is 19.6 Å². The number of nitrogens with two attached hydrogens (primary N) is 1. The van der Waals surface area contributed by atoms with Gasteiger partial charge in [-0.3, -0.25) is 0 Å². The number of rotatable bonds is 6. The molecular formula is C16H27BN2O3. The first-order valence-electron chi connectivity index (χ1n) is 7.69. The molecule has 22 heavy (non-hydrogen) atoms. The molecule has 1 atom stereocenters. The second-order valence-electron chi connectivity index (χ2n) is 6.53. The van der Waals surface area contributed by atoms with Crippen molar-refractivity contribution < 1.29 is 14.6 Å². The fraction of sp³-hybridized carbons (Fsp3) is 0.562. The minimum atomic E-state index is -0.503. The first-order chi connectivity index (χ1) is 10.2. The summed E-state index contributed by atoms with van der Waals surface area (Å²) < 4.78 is 5.22. The van der Waals surface area contributed by atoms with Gasteiger partial charge in [-0.15, -0.1) is 0 Å². The number of aryl methyl sites for hydroxylation is 1. The van der Waals surface area contributed by atoms with E-state index < -0.39 is 11.7 Å². The number of nitrogens with one attached hydrogen (secondary N) is 1. The van der Waals surface area contributed by atoms with Crippen LogP contribution in [0.2, 0.25) is 0 Å². The molecule has 0 aliphatic carbocycles. The number of hydrogen-bond acceptors (Lipinski definition) is 4. The molecule has 1 rings (SSSR count). The van der Waals surface area contributed by atoms with Gasteiger partial charge in [-0.1, -0.05) is 18.2 Å². The molecule has 1 aromatic rings. The van der Waals surface area contributed by atoms with Gasteiger partial charge in [-0.2, -0.15) is 0 Å². The largest absolute Gasteiger partial charge is 0.444 e. The summed E-state index contributed by atoms with van der Waals surface area (Å²) in [7, 11) is 2.01. The minimum Gasteiger partial charge on any atom is -0.444 e. The van der Waals surface area contributed by atoms with E-state index in [4.69, 9.17) is 15.6 Å². The van der Waals surface area contributed by atoms with Crippen LogP contribution in [0.1, 0.15) is 44.1 Å². The highest BCUT2D eigenvalue weighted by Crippen LogP contribution is 2.24. The lowest BCUT2D eigenvalue weighted by molar-refractivity contribution is 0.0528. The molecular weight excluding hydrogens is 279 g/mol. The van der Waals surface area contributed by atoms with Crippen molar-refractivity contribution in [2.45, 2.75) is 45.0 Å². The Morgan fingerprint density at radius 3 is 2.73 bits per heavy atom. The average Bonchev–Trinajstić information content (AvgIpc) is 2.42. The maximum absolute atomic E-state index is 11.7. The average molecular weight is 306 g/mol. The third-order valence-electron chi connectivity index (χ3n) is 3.32. The number of nitrogen functional groups attached to an aromatic ring is 1. The third kappa shape index (κ3) is 5.97. The normalized spacial score (nSPS) is 12.7. The Kier molecular flexibility index (Phi) is 6.75. The Labute approximate surface area is 133 Å². The van der Waals surface area contributed by atoms with Crippen LogP contribution in [0.25, 0.3) is 0 Å². The lowest BCUT2D eigenvalue weighted by atomic mass is 9.79. The van der Waals surface area contributed by atoms with E-state index in [9.17, 15) is 4.79 Å². The number of benzene rings is 1. The fourth-order valence-corrected chi connectivity index (χ4v) is 2.21. The van der Waals surface area contributed by atoms with Gasteiger partial charge in [0.2, 0.25) is 0 Å². The second-order valence-corrected chi connectivity index (χ2v) is 6.53. The van der Waals surface area contributed by atoms with Crippen molar-refractivity contribution in [1.29, 1.82) is 0 Å². The Balaban J connectivity index is 2.65. The van der Waals surface area contributed by atoms with Crippen LogP contribution < -0.4 is 11.1 Å². The summed E-state index contributed by atoms with van der Waals surface area (Å²) in [6, 6.07) is 5.91. The Bertz CT molecular complexity index is 501. The highest BCUT2D eigenvalue weighted by Gasteiger charge is 2.17. The van der Waals surface area contributed by atoms with Crippen molar-refractivity contribution in [3.8, 4) is 0 Å². The molecule has 0 fully saturated rings. The monoisotopic (exact) mass is 306 g/mol. The van der Waals surface area contributed by atoms with Gasteiger partial charge in [0.1, 0.15) is 13.4 Å². The van der Waals surface area contributed by atoms with Crippen molar-refractivity contribution in [3.63, 3.8) is 0 Å². The molecule has 0 saturated carbocycles. The molecule has 1 aromatic carbocycles. The first-order valence-corrected chi connectivity index (χ1v) is 7.69. The molecule has 0 spiro atoms. The molecule has 5 nitrogen and oxygen atoms in total. The van der Waals surface area contributed by atoms with E-state index in [-0.39, 0.29) is 12.4 Å². The summed E-state index contributed by atoms with van der Waals surface area (Å²) in [5.41, 5.74) is 8.49. The minimum absolute atomic E-state index is 0.0848. The van der Waals surface area contributed by atoms with E-state index >= 15 is 0 Å². The summed E-state index contributed by atoms with van der Waals surface area (Å²) in [5.74, 6) is 0.0848. The van der Waals surface area contributed by atoms with E-state index in [1.807, 2.05) is 46.8 Å². The topological polar surface area (TPSA) is 84.6 Å². The Hall–Kier alpha value is -1.69. The highest BCUT2D eigenvalue weighted by molar-refractivity contribution is 6.13. The lowest BCUT2D eigenvalue weighted by Crippen LogP contribution is -2.35. The highest BCUT2D eigenvalue weighted by atomic mass is 16.6. The number of ether oxygens (including phenoxy) is 1. The number of alkyl carbamates (subject to hydrolysis) is 1. The summed E-state index contributed by atoms with van der Waals surface area (Å²) in [6.45, 7) is 6.11. The van der Waals surface area contributed by atoms with E-state index in [2.05, 4.69) is 5.32 Å². The van der Waals surface area contributed by atoms with E-state index in [0.29, 0.717) is 13.0 Å². The first kappa shape index (κ1) is 18.4. The lowest BCUT2D eigenvalue weighted by Gasteiger charge is -2.21. The molecule has 0 aliphatic heterocycles. The molecule has 4 N–H and O–H groups in total. The SMILES string of the molecule is BC(CNC(=O)OC(C)(C)C)c1cccc(CCCO)c1N. The van der Waals surface area contributed by atoms with E-state index in [1.54, 1.807) is 0 Å². The predicted octanol–water partition coefficient (Wildman–Crippen LogP) is 1.39. The Morgan fingerprint density at radius 1 is 1.45 bits per heavy atom. The maximum Gasteiger partial charge on any atom is 0.407 e. The number of aliphatic hydroxyl groups is 1. The standard InChI is InChI=1S/C16H27BN2O3/c1-16(2,3)22-15(21)19-10-13(17)12-8-4-6-11(14(12)18)7-5-9-20/h4,6,8,13,20H,5,7,9-10,17-18H2,1-3H3,(H,19,21). The van der Waals surface area contributed by atoms with E-state index in [0.717, 1.165) is 23.2 Å². The zero-order valence-corrected chi connectivity index (χ0v) is 14.0. The molecule has 1 unspecified atom stereocenters. The van der Waals surface area contributed by atoms with Gasteiger partial charge >= 0.3 is 6.09 Å². The zero-order valence-electron chi connectivity index (χ0n) is 14.0. The number of aliphatic hydroxyl groups excluding tert-OH is 1. The molecule has 0 saturated heterocycles. The second kappa shape index (κ2) is 8.08. The third-order valence-corrected chi connectivity index (χ3v) is 3.32. The predicted molar refractivity (Wildman–Crippen MR) is 91.8 cm³/mol. The van der Waals surface area contributed by atoms with Gasteiger partial charge in [0, 0.05) is 18.8 Å². The number of para-hydroxylation sites is 1. The van der Waals surface area contributed by atoms with Gasteiger partial charge in [-0.25, -0.2) is 4.79 Å². The summed E-state index contributed by atoms with van der Waals surface area (Å²) in [5, 5.41) is 11.7. The number of hydrogen-bond donors (Lipinski definition) is 3. The van der Waals surface area contributed by atoms with Crippen LogP contribution in [0.15, 0.2) is 18.2 Å². The molecule has 122 valence electrons. The van der Waals surface area contributed by atoms with Crippen LogP contribution in [0.3, 0.4) is 0 Å². The molecule has 0 aliphatic rings. The molecule has 0 heterocycles. The van der Waals surface area contributed by atoms with Gasteiger partial charge in [0.05, 0.1) is 0 Å². The fourth-order valence-electron chi connectivity index (χ4n) is 2.21. The quantitative estimate of drug-likeness (QED) is 0.548. The van der Waals surface area contributed by atoms with Crippen LogP contribution in [0.4, 0.5) is 10.5 Å². The summed E-state index contributed by atoms with van der Waals surface area (Å²) >= 11 is 0. The summed E-state index contributed by atoms with van der Waals surface area (Å²) in [6.07, 6.45) is 1.02. The number of anilines is 1. The molecule has 0 aromatic heterocycles. The maximum atomic E-state index is 11.7. The van der Waals surface area contributed by atoms with Crippen molar-refractivity contribution in [3.05, 3.63) is 29.3 Å². The van der Waals surface area contributed by atoms with Crippen LogP contribution in [0.5, 0.6) is 0 Å². The van der Waals surface area contributed by atoms with Crippen molar-refractivity contribution in [1.82, 2.24) is 5.32 Å². The number of carbonyl (C=O) groups excluding carboxylic acids is 1. The molecule has 0 bridgehead atoms. The van der Waals surface area contributed by atoms with Crippen LogP contribution in [-0.4, -0.2) is 37.8 Å². The molecule has 0 radical (unpaired) electrons. The van der Waals surface area contributed by atoms with Crippen LogP contribution in [-0.2, 0) is 11.2 Å². The zero-order chi connectivity index (χ0) is 16.8. The van der Waals surface area contributed by atoms with Gasteiger partial charge in [0.15, 0.2) is 0 Å². The van der Waals surface area contributed by atoms with E-state index in [1.165, 1.54) is 0 Å². The molecule has 6 heteroatoms. The molecule has 1 amide bonds. The number of carbonyl (C=O) groups is 1. The van der Waals surface area contributed by atoms with Crippen LogP contribution >= 0.6 is 0 Å². The van der Waals surface area contributed by atoms with Gasteiger partial charge < -0.3 is 20.9 Å². The van der Waals surface area contributed by atoms with Gasteiger partial charge in [-0.05, 0) is 50.6 Å². The smallest absolute Gasteiger partial charge is 0.407 e. The van der Waals surface area contributed by atoms with Crippen molar-refractivity contribution in [2.24, 2.45) is 0 Å². The van der Waals surface area contributed by atoms with Crippen molar-refractivity contribution in [2.75, 3.05) is 18.9 Å². The van der Waals surface area contributed by atoms with Gasteiger partial charge in [0.25, 0.3) is 0 Å². The Morgan fingerprint density at radius 2 is 2.14 bits per heavy atom. The number of amides is 1. The summed E-state index contributed by atoms with van der Waals surface area (Å²) in [4.78, 5) is 11.7.